The number of hydrogen-bond acceptors (Lipinski definition) is 0. The van der Waals surface area contributed by atoms with E-state index in [0.717, 1.165) is 0 Å². The maximum absolute atomic E-state index is 4.93. The molecule has 0 bridgehead atoms. The normalized spacial score (nSPS) is 10.5. The minimum absolute atomic E-state index is 0.826. The van der Waals surface area contributed by atoms with Gasteiger partial charge in [-0.2, -0.15) is 0 Å². The molecule has 3 heteroatoms. The van der Waals surface area contributed by atoms with Crippen LogP contribution in [0.1, 0.15) is 33.4 Å². The molecule has 6 aromatic carbocycles. The SMILES string of the molecule is Cc1ccc(-c2cc3cc(C)c(C)cc3[cH-]2)cc1.Cc1ccc(-c2cc3cc(C)c(C)cc3[cH-]2)cc1.[Cl][Zr+2][Cl]. The summed E-state index contributed by atoms with van der Waals surface area (Å²) in [6.07, 6.45) is 0. The third-order valence-corrected chi connectivity index (χ3v) is 7.41. The second-order valence-electron chi connectivity index (χ2n) is 10.4. The minimum atomic E-state index is -0.826. The molecule has 0 spiro atoms. The molecule has 0 nitrogen and oxygen atoms in total. The van der Waals surface area contributed by atoms with Crippen LogP contribution in [0.5, 0.6) is 0 Å². The maximum atomic E-state index is 4.93. The van der Waals surface area contributed by atoms with Gasteiger partial charge in [0.15, 0.2) is 0 Å². The fourth-order valence-electron chi connectivity index (χ4n) is 4.80. The molecule has 0 saturated carbocycles. The Bertz CT molecular complexity index is 1480. The van der Waals surface area contributed by atoms with Crippen LogP contribution in [-0.2, 0) is 20.8 Å². The Morgan fingerprint density at radius 1 is 0.462 bits per heavy atom. The first kappa shape index (κ1) is 29.5. The second kappa shape index (κ2) is 13.3. The summed E-state index contributed by atoms with van der Waals surface area (Å²) >= 11 is -0.826. The van der Waals surface area contributed by atoms with Gasteiger partial charge >= 0.3 is 37.9 Å². The molecule has 0 aromatic heterocycles. The molecule has 0 saturated heterocycles. The van der Waals surface area contributed by atoms with E-state index in [1.54, 1.807) is 0 Å². The van der Waals surface area contributed by atoms with E-state index in [0.29, 0.717) is 0 Å². The molecule has 6 rings (SSSR count). The number of rotatable bonds is 2. The third-order valence-electron chi connectivity index (χ3n) is 7.41. The van der Waals surface area contributed by atoms with E-state index in [4.69, 9.17) is 17.0 Å². The number of halogens is 2. The van der Waals surface area contributed by atoms with E-state index in [1.165, 1.54) is 77.2 Å². The summed E-state index contributed by atoms with van der Waals surface area (Å²) in [5.41, 5.74) is 13.3. The molecule has 0 fully saturated rings. The molecule has 0 N–H and O–H groups in total. The van der Waals surface area contributed by atoms with Crippen molar-refractivity contribution in [2.75, 3.05) is 0 Å². The second-order valence-corrected chi connectivity index (χ2v) is 14.2. The van der Waals surface area contributed by atoms with Gasteiger partial charge in [0, 0.05) is 0 Å². The summed E-state index contributed by atoms with van der Waals surface area (Å²) in [4.78, 5) is 0. The molecule has 0 atom stereocenters. The van der Waals surface area contributed by atoms with Gasteiger partial charge in [-0.15, -0.1) is 69.1 Å². The van der Waals surface area contributed by atoms with Crippen LogP contribution in [0.4, 0.5) is 0 Å². The Morgan fingerprint density at radius 2 is 0.769 bits per heavy atom. The molecule has 39 heavy (non-hydrogen) atoms. The van der Waals surface area contributed by atoms with Crippen molar-refractivity contribution < 1.29 is 20.8 Å². The van der Waals surface area contributed by atoms with Crippen LogP contribution in [0, 0.1) is 41.5 Å². The Hall–Kier alpha value is -2.44. The van der Waals surface area contributed by atoms with Crippen molar-refractivity contribution in [1.82, 2.24) is 0 Å². The Labute approximate surface area is 252 Å². The average Bonchev–Trinajstić information content (AvgIpc) is 3.50. The quantitative estimate of drug-likeness (QED) is 0.167. The van der Waals surface area contributed by atoms with Crippen LogP contribution >= 0.6 is 17.0 Å². The monoisotopic (exact) mass is 626 g/mol. The number of fused-ring (bicyclic) bond motifs is 2. The zero-order valence-electron chi connectivity index (χ0n) is 23.5. The van der Waals surface area contributed by atoms with E-state index < -0.39 is 20.8 Å². The summed E-state index contributed by atoms with van der Waals surface area (Å²) in [6.45, 7) is 12.9. The van der Waals surface area contributed by atoms with Gasteiger partial charge in [-0.1, -0.05) is 105 Å². The van der Waals surface area contributed by atoms with E-state index in [-0.39, 0.29) is 0 Å². The van der Waals surface area contributed by atoms with Gasteiger partial charge in [0.05, 0.1) is 0 Å². The molecule has 196 valence electrons. The van der Waals surface area contributed by atoms with E-state index >= 15 is 0 Å². The summed E-state index contributed by atoms with van der Waals surface area (Å²) in [6, 6.07) is 35.7. The third kappa shape index (κ3) is 7.40. The molecular formula is C36H34Cl2Zr. The molecule has 6 aromatic rings. The van der Waals surface area contributed by atoms with E-state index in [9.17, 15) is 0 Å². The number of hydrogen-bond donors (Lipinski definition) is 0. The van der Waals surface area contributed by atoms with Crippen molar-refractivity contribution in [3.63, 3.8) is 0 Å². The van der Waals surface area contributed by atoms with Crippen molar-refractivity contribution in [2.24, 2.45) is 0 Å². The first-order chi connectivity index (χ1) is 18.7. The fraction of sp³-hybridized carbons (Fsp3) is 0.167. The Balaban J connectivity index is 0.000000165. The van der Waals surface area contributed by atoms with Crippen LogP contribution in [-0.4, -0.2) is 0 Å². The summed E-state index contributed by atoms with van der Waals surface area (Å²) < 4.78 is 0. The molecular weight excluding hydrogens is 595 g/mol. The van der Waals surface area contributed by atoms with Crippen LogP contribution in [0.15, 0.2) is 97.1 Å². The van der Waals surface area contributed by atoms with Crippen molar-refractivity contribution in [3.8, 4) is 22.3 Å². The predicted octanol–water partition coefficient (Wildman–Crippen LogP) is 11.7. The number of benzene rings is 4. The van der Waals surface area contributed by atoms with Crippen LogP contribution in [0.3, 0.4) is 0 Å². The van der Waals surface area contributed by atoms with E-state index in [2.05, 4.69) is 139 Å². The number of aryl methyl sites for hydroxylation is 6. The van der Waals surface area contributed by atoms with Crippen molar-refractivity contribution in [2.45, 2.75) is 41.5 Å². The standard InChI is InChI=1S/2C18H17.2ClH.Zr/c2*1-12-4-6-15(7-5-12)18-10-16-8-13(2)14(3)9-17(16)11-18;;;/h2*4-11H,1-3H3;2*1H;/q2*-1;;;+4/p-2. The van der Waals surface area contributed by atoms with Gasteiger partial charge < -0.3 is 0 Å². The average molecular weight is 629 g/mol. The van der Waals surface area contributed by atoms with Gasteiger partial charge in [-0.25, -0.2) is 0 Å². The molecule has 0 aliphatic carbocycles. The molecule has 0 radical (unpaired) electrons. The Morgan fingerprint density at radius 3 is 1.10 bits per heavy atom. The van der Waals surface area contributed by atoms with Gasteiger partial charge in [-0.3, -0.25) is 0 Å². The predicted molar refractivity (Wildman–Crippen MR) is 170 cm³/mol. The van der Waals surface area contributed by atoms with Crippen LogP contribution in [0.2, 0.25) is 0 Å². The summed E-state index contributed by atoms with van der Waals surface area (Å²) in [5, 5.41) is 5.37. The van der Waals surface area contributed by atoms with Crippen LogP contribution in [0.25, 0.3) is 43.8 Å². The van der Waals surface area contributed by atoms with Crippen molar-refractivity contribution in [1.29, 1.82) is 0 Å². The Kier molecular flexibility index (Phi) is 10.1. The zero-order valence-corrected chi connectivity index (χ0v) is 27.5. The zero-order chi connectivity index (χ0) is 28.1. The summed E-state index contributed by atoms with van der Waals surface area (Å²) in [7, 11) is 9.87. The molecule has 0 aliphatic heterocycles. The molecule has 0 unspecified atom stereocenters. The van der Waals surface area contributed by atoms with E-state index in [1.807, 2.05) is 0 Å². The van der Waals surface area contributed by atoms with Crippen LogP contribution < -0.4 is 0 Å². The fourth-order valence-corrected chi connectivity index (χ4v) is 4.80. The van der Waals surface area contributed by atoms with Crippen molar-refractivity contribution >= 4 is 38.6 Å². The molecule has 0 heterocycles. The first-order valence-corrected chi connectivity index (χ1v) is 19.5. The van der Waals surface area contributed by atoms with Gasteiger partial charge in [0.1, 0.15) is 0 Å². The van der Waals surface area contributed by atoms with Gasteiger partial charge in [0.2, 0.25) is 0 Å². The van der Waals surface area contributed by atoms with Crippen molar-refractivity contribution in [3.05, 3.63) is 130 Å². The summed E-state index contributed by atoms with van der Waals surface area (Å²) in [5.74, 6) is 0. The van der Waals surface area contributed by atoms with Gasteiger partial charge in [-0.05, 0) is 41.5 Å². The molecule has 0 aliphatic rings. The van der Waals surface area contributed by atoms with Gasteiger partial charge in [0.25, 0.3) is 0 Å². The molecule has 0 amide bonds. The first-order valence-electron chi connectivity index (χ1n) is 13.1. The topological polar surface area (TPSA) is 0 Å².